The highest BCUT2D eigenvalue weighted by Crippen LogP contribution is 2.28. The molecule has 2 rings (SSSR count). The molecule has 2 aromatic heterocycles. The van der Waals surface area contributed by atoms with Crippen molar-refractivity contribution >= 4 is 15.9 Å². The van der Waals surface area contributed by atoms with Crippen molar-refractivity contribution in [1.29, 1.82) is 0 Å². The average Bonchev–Trinajstić information content (AvgIpc) is 2.65. The molecule has 90 valence electrons. The summed E-state index contributed by atoms with van der Waals surface area (Å²) in [4.78, 5) is 3.65. The van der Waals surface area contributed by atoms with Gasteiger partial charge in [-0.05, 0) is 28.1 Å². The van der Waals surface area contributed by atoms with E-state index in [2.05, 4.69) is 26.0 Å². The Morgan fingerprint density at radius 2 is 2.00 bits per heavy atom. The van der Waals surface area contributed by atoms with Crippen LogP contribution in [-0.4, -0.2) is 14.8 Å². The monoisotopic (exact) mass is 309 g/mol. The summed E-state index contributed by atoms with van der Waals surface area (Å²) in [5.74, 6) is -1.06. The minimum Gasteiger partial charge on any atom is -0.233 e. The maximum Gasteiger partial charge on any atom is 0.435 e. The lowest BCUT2D eigenvalue weighted by molar-refractivity contribution is -0.141. The minimum absolute atomic E-state index is 0.288. The maximum absolute atomic E-state index is 13.4. The molecule has 0 N–H and O–H groups in total. The Hall–Kier alpha value is -1.44. The molecule has 0 fully saturated rings. The Labute approximate surface area is 101 Å². The molecule has 2 aromatic rings. The summed E-state index contributed by atoms with van der Waals surface area (Å²) in [5.41, 5.74) is -1.10. The van der Waals surface area contributed by atoms with Gasteiger partial charge in [0.15, 0.2) is 17.3 Å². The first-order valence-corrected chi connectivity index (χ1v) is 5.11. The van der Waals surface area contributed by atoms with Crippen LogP contribution >= 0.6 is 15.9 Å². The van der Waals surface area contributed by atoms with Crippen molar-refractivity contribution in [2.45, 2.75) is 6.18 Å². The second kappa shape index (κ2) is 4.10. The van der Waals surface area contributed by atoms with Gasteiger partial charge < -0.3 is 0 Å². The van der Waals surface area contributed by atoms with E-state index in [0.29, 0.717) is 4.47 Å². The lowest BCUT2D eigenvalue weighted by atomic mass is 10.4. The van der Waals surface area contributed by atoms with Gasteiger partial charge in [-0.25, -0.2) is 14.1 Å². The lowest BCUT2D eigenvalue weighted by Crippen LogP contribution is -2.08. The van der Waals surface area contributed by atoms with E-state index in [0.717, 1.165) is 23.0 Å². The first kappa shape index (κ1) is 12.0. The number of rotatable bonds is 1. The Bertz CT molecular complexity index is 549. The fourth-order valence-electron chi connectivity index (χ4n) is 1.17. The van der Waals surface area contributed by atoms with Gasteiger partial charge in [0, 0.05) is 16.9 Å². The summed E-state index contributed by atoms with van der Waals surface area (Å²) in [6, 6.07) is 1.85. The van der Waals surface area contributed by atoms with E-state index in [1.807, 2.05) is 0 Å². The van der Waals surface area contributed by atoms with Crippen molar-refractivity contribution in [2.24, 2.45) is 0 Å². The molecule has 0 aromatic carbocycles. The first-order valence-electron chi connectivity index (χ1n) is 4.32. The molecule has 0 aliphatic heterocycles. The number of hydrogen-bond donors (Lipinski definition) is 0. The summed E-state index contributed by atoms with van der Waals surface area (Å²) in [6.07, 6.45) is -2.29. The van der Waals surface area contributed by atoms with Crippen LogP contribution in [0.15, 0.2) is 29.0 Å². The Morgan fingerprint density at radius 1 is 1.29 bits per heavy atom. The van der Waals surface area contributed by atoms with Crippen molar-refractivity contribution in [3.8, 4) is 5.82 Å². The van der Waals surface area contributed by atoms with E-state index >= 15 is 0 Å². The van der Waals surface area contributed by atoms with Gasteiger partial charge in [-0.2, -0.15) is 18.3 Å². The van der Waals surface area contributed by atoms with E-state index in [9.17, 15) is 17.6 Å². The molecule has 17 heavy (non-hydrogen) atoms. The number of hydrogen-bond acceptors (Lipinski definition) is 2. The number of alkyl halides is 3. The molecule has 2 heterocycles. The van der Waals surface area contributed by atoms with Gasteiger partial charge >= 0.3 is 6.18 Å². The first-order chi connectivity index (χ1) is 7.88. The molecule has 0 saturated carbocycles. The number of pyridine rings is 1. The van der Waals surface area contributed by atoms with Gasteiger partial charge in [0.2, 0.25) is 0 Å². The number of halogens is 5. The Morgan fingerprint density at radius 3 is 2.53 bits per heavy atom. The molecule has 0 bridgehead atoms. The molecular weight excluding hydrogens is 306 g/mol. The fraction of sp³-hybridized carbons (Fsp3) is 0.111. The third-order valence-electron chi connectivity index (χ3n) is 1.88. The molecule has 0 spiro atoms. The minimum atomic E-state index is -4.56. The zero-order chi connectivity index (χ0) is 12.6. The highest BCUT2D eigenvalue weighted by molar-refractivity contribution is 9.10. The van der Waals surface area contributed by atoms with E-state index < -0.39 is 17.7 Å². The largest absolute Gasteiger partial charge is 0.435 e. The van der Waals surface area contributed by atoms with Gasteiger partial charge in [-0.15, -0.1) is 0 Å². The van der Waals surface area contributed by atoms with Gasteiger partial charge in [0.25, 0.3) is 0 Å². The smallest absolute Gasteiger partial charge is 0.233 e. The van der Waals surface area contributed by atoms with Gasteiger partial charge in [-0.3, -0.25) is 0 Å². The van der Waals surface area contributed by atoms with Crippen LogP contribution in [0.2, 0.25) is 0 Å². The predicted octanol–water partition coefficient (Wildman–Crippen LogP) is 3.19. The maximum atomic E-state index is 13.4. The van der Waals surface area contributed by atoms with Crippen LogP contribution in [0.25, 0.3) is 5.82 Å². The molecule has 0 radical (unpaired) electrons. The molecule has 0 aliphatic carbocycles. The standard InChI is InChI=1S/C9H4BrF4N3/c10-5-3-6(11)8(15-4-5)17-2-1-7(16-17)9(12,13)14/h1-4H. The molecule has 0 saturated heterocycles. The predicted molar refractivity (Wildman–Crippen MR) is 54.0 cm³/mol. The molecule has 3 nitrogen and oxygen atoms in total. The van der Waals surface area contributed by atoms with Crippen molar-refractivity contribution in [3.05, 3.63) is 40.5 Å². The average molecular weight is 310 g/mol. The van der Waals surface area contributed by atoms with Gasteiger partial charge in [0.05, 0.1) is 0 Å². The summed E-state index contributed by atoms with van der Waals surface area (Å²) < 4.78 is 51.4. The molecular formula is C9H4BrF4N3. The van der Waals surface area contributed by atoms with Crippen molar-refractivity contribution in [3.63, 3.8) is 0 Å². The quantitative estimate of drug-likeness (QED) is 0.757. The van der Waals surface area contributed by atoms with Crippen LogP contribution in [0, 0.1) is 5.82 Å². The highest BCUT2D eigenvalue weighted by atomic mass is 79.9. The topological polar surface area (TPSA) is 30.7 Å². The Kier molecular flexibility index (Phi) is 2.90. The molecule has 0 unspecified atom stereocenters. The van der Waals surface area contributed by atoms with Crippen LogP contribution in [0.5, 0.6) is 0 Å². The third kappa shape index (κ3) is 2.46. The van der Waals surface area contributed by atoms with Gasteiger partial charge in [0.1, 0.15) is 0 Å². The van der Waals surface area contributed by atoms with Crippen molar-refractivity contribution < 1.29 is 17.6 Å². The van der Waals surface area contributed by atoms with Crippen LogP contribution in [-0.2, 0) is 6.18 Å². The molecule has 8 heteroatoms. The SMILES string of the molecule is Fc1cc(Br)cnc1-n1ccc(C(F)(F)F)n1. The van der Waals surface area contributed by atoms with Crippen LogP contribution < -0.4 is 0 Å². The summed E-state index contributed by atoms with van der Waals surface area (Å²) >= 11 is 2.99. The molecule has 0 amide bonds. The van der Waals surface area contributed by atoms with Crippen molar-refractivity contribution in [2.75, 3.05) is 0 Å². The third-order valence-corrected chi connectivity index (χ3v) is 2.32. The van der Waals surface area contributed by atoms with Crippen LogP contribution in [0.3, 0.4) is 0 Å². The van der Waals surface area contributed by atoms with Gasteiger partial charge in [-0.1, -0.05) is 0 Å². The second-order valence-electron chi connectivity index (χ2n) is 3.10. The van der Waals surface area contributed by atoms with Crippen molar-refractivity contribution in [1.82, 2.24) is 14.8 Å². The highest BCUT2D eigenvalue weighted by Gasteiger charge is 2.33. The van der Waals surface area contributed by atoms with E-state index in [-0.39, 0.29) is 5.82 Å². The van der Waals surface area contributed by atoms with Crippen LogP contribution in [0.1, 0.15) is 5.69 Å². The lowest BCUT2D eigenvalue weighted by Gasteiger charge is -2.03. The van der Waals surface area contributed by atoms with E-state index in [1.54, 1.807) is 0 Å². The van der Waals surface area contributed by atoms with Crippen LogP contribution in [0.4, 0.5) is 17.6 Å². The fourth-order valence-corrected chi connectivity index (χ4v) is 1.47. The molecule has 0 atom stereocenters. The Balaban J connectivity index is 2.44. The molecule has 0 aliphatic rings. The second-order valence-corrected chi connectivity index (χ2v) is 4.02. The zero-order valence-electron chi connectivity index (χ0n) is 8.04. The zero-order valence-corrected chi connectivity index (χ0v) is 9.63. The number of aromatic nitrogens is 3. The summed E-state index contributed by atoms with van der Waals surface area (Å²) in [6.45, 7) is 0. The van der Waals surface area contributed by atoms with E-state index in [4.69, 9.17) is 0 Å². The number of nitrogens with zero attached hydrogens (tertiary/aromatic N) is 3. The summed E-state index contributed by atoms with van der Waals surface area (Å²) in [7, 11) is 0. The normalized spacial score (nSPS) is 11.8. The summed E-state index contributed by atoms with van der Waals surface area (Å²) in [5, 5.41) is 3.22. The van der Waals surface area contributed by atoms with E-state index in [1.165, 1.54) is 6.20 Å².